The van der Waals surface area contributed by atoms with Gasteiger partial charge in [-0.05, 0) is 29.8 Å². The molecule has 1 N–H and O–H groups in total. The van der Waals surface area contributed by atoms with E-state index in [4.69, 9.17) is 9.47 Å². The highest BCUT2D eigenvalue weighted by Gasteiger charge is 2.17. The largest absolute Gasteiger partial charge is 0.497 e. The average molecular weight is 371 g/mol. The molecular formula is C21H17N5O2. The van der Waals surface area contributed by atoms with E-state index in [1.54, 1.807) is 31.1 Å². The first-order valence-electron chi connectivity index (χ1n) is 8.56. The zero-order valence-corrected chi connectivity index (χ0v) is 15.4. The van der Waals surface area contributed by atoms with Crippen molar-refractivity contribution >= 4 is 17.7 Å². The lowest BCUT2D eigenvalue weighted by atomic mass is 10.1. The highest BCUT2D eigenvalue weighted by Crippen LogP contribution is 2.33. The molecule has 4 rings (SSSR count). The molecule has 28 heavy (non-hydrogen) atoms. The monoisotopic (exact) mass is 371 g/mol. The fourth-order valence-electron chi connectivity index (χ4n) is 2.93. The van der Waals surface area contributed by atoms with Crippen LogP contribution < -0.4 is 9.47 Å². The molecule has 0 amide bonds. The van der Waals surface area contributed by atoms with E-state index < -0.39 is 0 Å². The standard InChI is InChI=1S/C21H17N5O2/c1-27-17-7-3-5-14(9-17)12-23-21-19(15-6-4-8-18(10-15)28-2)25-20-16(11-22)13-24-26(20)21/h3-10,12-13,24H,1-2H3/b23-12+. The van der Waals surface area contributed by atoms with E-state index >= 15 is 0 Å². The SMILES string of the molecule is COc1cccc(/C=N/c2c(-c3cccc(OC)c3)nc3c(C#N)c[nH]n23)c1. The first-order chi connectivity index (χ1) is 13.7. The molecule has 138 valence electrons. The number of imidazole rings is 1. The van der Waals surface area contributed by atoms with Gasteiger partial charge in [-0.3, -0.25) is 5.10 Å². The molecule has 0 aliphatic carbocycles. The third kappa shape index (κ3) is 3.08. The molecule has 0 fully saturated rings. The number of fused-ring (bicyclic) bond motifs is 1. The summed E-state index contributed by atoms with van der Waals surface area (Å²) in [4.78, 5) is 9.31. The molecule has 4 aromatic rings. The van der Waals surface area contributed by atoms with Crippen molar-refractivity contribution in [3.05, 3.63) is 65.9 Å². The van der Waals surface area contributed by atoms with Crippen molar-refractivity contribution in [3.8, 4) is 28.8 Å². The minimum atomic E-state index is 0.451. The van der Waals surface area contributed by atoms with Gasteiger partial charge in [-0.15, -0.1) is 0 Å². The molecule has 7 heteroatoms. The van der Waals surface area contributed by atoms with Gasteiger partial charge >= 0.3 is 0 Å². The Morgan fingerprint density at radius 2 is 1.86 bits per heavy atom. The second kappa shape index (κ2) is 7.29. The molecular weight excluding hydrogens is 354 g/mol. The summed E-state index contributed by atoms with van der Waals surface area (Å²) in [6.45, 7) is 0. The van der Waals surface area contributed by atoms with Crippen molar-refractivity contribution in [2.45, 2.75) is 0 Å². The summed E-state index contributed by atoms with van der Waals surface area (Å²) < 4.78 is 12.3. The van der Waals surface area contributed by atoms with E-state index in [0.717, 1.165) is 22.6 Å². The number of aliphatic imine (C=N–C) groups is 1. The maximum absolute atomic E-state index is 9.35. The van der Waals surface area contributed by atoms with Gasteiger partial charge in [-0.25, -0.2) is 14.5 Å². The van der Waals surface area contributed by atoms with Gasteiger partial charge in [0.15, 0.2) is 11.5 Å². The molecule has 0 aliphatic rings. The molecule has 0 saturated carbocycles. The smallest absolute Gasteiger partial charge is 0.180 e. The summed E-state index contributed by atoms with van der Waals surface area (Å²) >= 11 is 0. The fraction of sp³-hybridized carbons (Fsp3) is 0.0952. The Hall–Kier alpha value is -4.05. The molecule has 2 aromatic carbocycles. The summed E-state index contributed by atoms with van der Waals surface area (Å²) in [5.74, 6) is 2.06. The van der Waals surface area contributed by atoms with Crippen molar-refractivity contribution < 1.29 is 9.47 Å². The number of benzene rings is 2. The third-order valence-corrected chi connectivity index (χ3v) is 4.33. The highest BCUT2D eigenvalue weighted by atomic mass is 16.5. The lowest BCUT2D eigenvalue weighted by Crippen LogP contribution is -1.88. The normalized spacial score (nSPS) is 11.0. The van der Waals surface area contributed by atoms with Crippen LogP contribution in [0.25, 0.3) is 16.9 Å². The number of H-pyrrole nitrogens is 1. The summed E-state index contributed by atoms with van der Waals surface area (Å²) in [5.41, 5.74) is 3.36. The molecule has 0 unspecified atom stereocenters. The first-order valence-corrected chi connectivity index (χ1v) is 8.56. The number of nitrogens with zero attached hydrogens (tertiary/aromatic N) is 4. The van der Waals surface area contributed by atoms with Crippen molar-refractivity contribution in [1.29, 1.82) is 5.26 Å². The summed E-state index contributed by atoms with van der Waals surface area (Å²) in [6.07, 6.45) is 3.35. The Bertz CT molecular complexity index is 1210. The van der Waals surface area contributed by atoms with E-state index in [0.29, 0.717) is 22.7 Å². The van der Waals surface area contributed by atoms with Crippen LogP contribution in [0.15, 0.2) is 59.7 Å². The van der Waals surface area contributed by atoms with E-state index in [9.17, 15) is 5.26 Å². The van der Waals surface area contributed by atoms with Gasteiger partial charge in [0, 0.05) is 18.0 Å². The van der Waals surface area contributed by atoms with Crippen LogP contribution in [-0.4, -0.2) is 35.0 Å². The van der Waals surface area contributed by atoms with Gasteiger partial charge in [0.05, 0.1) is 14.2 Å². The quantitative estimate of drug-likeness (QED) is 0.538. The predicted molar refractivity (Wildman–Crippen MR) is 106 cm³/mol. The minimum Gasteiger partial charge on any atom is -0.497 e. The first kappa shape index (κ1) is 17.4. The topological polar surface area (TPSA) is 87.7 Å². The lowest BCUT2D eigenvalue weighted by Gasteiger charge is -2.03. The summed E-state index contributed by atoms with van der Waals surface area (Å²) in [6, 6.07) is 17.3. The van der Waals surface area contributed by atoms with E-state index in [-0.39, 0.29) is 0 Å². The average Bonchev–Trinajstić information content (AvgIpc) is 3.31. The van der Waals surface area contributed by atoms with Crippen LogP contribution in [0.1, 0.15) is 11.1 Å². The van der Waals surface area contributed by atoms with Gasteiger partial charge in [0.1, 0.15) is 28.8 Å². The molecule has 0 radical (unpaired) electrons. The predicted octanol–water partition coefficient (Wildman–Crippen LogP) is 3.97. The second-order valence-corrected chi connectivity index (χ2v) is 6.01. The maximum Gasteiger partial charge on any atom is 0.180 e. The molecule has 0 saturated heterocycles. The minimum absolute atomic E-state index is 0.451. The Labute approximate surface area is 161 Å². The summed E-state index contributed by atoms with van der Waals surface area (Å²) in [5, 5.41) is 12.4. The van der Waals surface area contributed by atoms with Gasteiger partial charge in [0.2, 0.25) is 0 Å². The zero-order valence-electron chi connectivity index (χ0n) is 15.4. The summed E-state index contributed by atoms with van der Waals surface area (Å²) in [7, 11) is 3.24. The second-order valence-electron chi connectivity index (χ2n) is 6.01. The number of aromatic nitrogens is 3. The van der Waals surface area contributed by atoms with Crippen LogP contribution in [0.5, 0.6) is 11.5 Å². The number of rotatable bonds is 5. The number of aromatic amines is 1. The molecule has 0 spiro atoms. The Morgan fingerprint density at radius 3 is 2.61 bits per heavy atom. The van der Waals surface area contributed by atoms with Crippen LogP contribution in [-0.2, 0) is 0 Å². The van der Waals surface area contributed by atoms with Gasteiger partial charge in [-0.2, -0.15) is 5.26 Å². The number of nitriles is 1. The molecule has 0 aliphatic heterocycles. The Morgan fingerprint density at radius 1 is 1.11 bits per heavy atom. The number of hydrogen-bond donors (Lipinski definition) is 1. The van der Waals surface area contributed by atoms with E-state index in [2.05, 4.69) is 21.1 Å². The van der Waals surface area contributed by atoms with E-state index in [1.165, 1.54) is 0 Å². The van der Waals surface area contributed by atoms with Crippen molar-refractivity contribution in [3.63, 3.8) is 0 Å². The molecule has 2 aromatic heterocycles. The lowest BCUT2D eigenvalue weighted by molar-refractivity contribution is 0.414. The van der Waals surface area contributed by atoms with E-state index in [1.807, 2.05) is 48.5 Å². The van der Waals surface area contributed by atoms with Crippen LogP contribution in [0, 0.1) is 11.3 Å². The van der Waals surface area contributed by atoms with Gasteiger partial charge < -0.3 is 9.47 Å². The van der Waals surface area contributed by atoms with Crippen molar-refractivity contribution in [1.82, 2.24) is 14.6 Å². The van der Waals surface area contributed by atoms with Crippen LogP contribution in [0.4, 0.5) is 5.82 Å². The number of nitrogens with one attached hydrogen (secondary N) is 1. The number of ether oxygens (including phenoxy) is 2. The maximum atomic E-state index is 9.35. The van der Waals surface area contributed by atoms with Crippen molar-refractivity contribution in [2.24, 2.45) is 4.99 Å². The van der Waals surface area contributed by atoms with Gasteiger partial charge in [-0.1, -0.05) is 24.3 Å². The van der Waals surface area contributed by atoms with Gasteiger partial charge in [0.25, 0.3) is 0 Å². The Kier molecular flexibility index (Phi) is 4.52. The van der Waals surface area contributed by atoms with Crippen LogP contribution in [0.2, 0.25) is 0 Å². The highest BCUT2D eigenvalue weighted by molar-refractivity contribution is 5.86. The fourth-order valence-corrected chi connectivity index (χ4v) is 2.93. The Balaban J connectivity index is 1.86. The number of hydrogen-bond acceptors (Lipinski definition) is 5. The third-order valence-electron chi connectivity index (χ3n) is 4.33. The van der Waals surface area contributed by atoms with Crippen LogP contribution in [0.3, 0.4) is 0 Å². The van der Waals surface area contributed by atoms with Crippen molar-refractivity contribution in [2.75, 3.05) is 14.2 Å². The molecule has 7 nitrogen and oxygen atoms in total. The molecule has 2 heterocycles. The zero-order chi connectivity index (χ0) is 19.5. The number of methoxy groups -OCH3 is 2. The molecule has 0 bridgehead atoms. The van der Waals surface area contributed by atoms with Crippen LogP contribution >= 0.6 is 0 Å². The molecule has 0 atom stereocenters.